The van der Waals surface area contributed by atoms with Gasteiger partial charge in [0.1, 0.15) is 5.75 Å². The van der Waals surface area contributed by atoms with Gasteiger partial charge in [0.05, 0.1) is 28.5 Å². The minimum Gasteiger partial charge on any atom is -0.497 e. The van der Waals surface area contributed by atoms with Gasteiger partial charge in [0.15, 0.2) is 0 Å². The number of fused-ring (bicyclic) bond motifs is 4. The SMILES string of the molecule is C=CC1CN2CCC1CC2[C@@H](NS(=O)(=O)c1ccc([N+](=O)[O-])cc1)c1ccnc2ccc(OC)cc12. The van der Waals surface area contributed by atoms with E-state index >= 15 is 0 Å². The van der Waals surface area contributed by atoms with Gasteiger partial charge in [0.2, 0.25) is 10.0 Å². The molecule has 2 bridgehead atoms. The number of sulfonamides is 1. The Morgan fingerprint density at radius 2 is 2.03 bits per heavy atom. The average molecular weight is 509 g/mol. The van der Waals surface area contributed by atoms with Gasteiger partial charge >= 0.3 is 0 Å². The molecule has 6 rings (SSSR count). The quantitative estimate of drug-likeness (QED) is 0.277. The van der Waals surface area contributed by atoms with E-state index in [1.54, 1.807) is 13.3 Å². The molecule has 9 nitrogen and oxygen atoms in total. The zero-order chi connectivity index (χ0) is 25.4. The standard InChI is InChI=1S/C26H28N4O5S/c1-3-17-16-29-13-11-18(17)14-25(29)26(22-10-12-27-24-9-6-20(35-2)15-23(22)24)28-36(33,34)21-7-4-19(5-8-21)30(31)32/h3-10,12,15,17-18,25-26,28H,1,11,13-14,16H2,2H3/t17?,18?,25?,26-/m0/s1. The molecule has 188 valence electrons. The second-order valence-corrected chi connectivity index (χ2v) is 11.1. The zero-order valence-electron chi connectivity index (χ0n) is 19.9. The first-order chi connectivity index (χ1) is 17.3. The molecule has 0 saturated carbocycles. The third-order valence-corrected chi connectivity index (χ3v) is 8.95. The van der Waals surface area contributed by atoms with Crippen LogP contribution in [0.3, 0.4) is 0 Å². The molecule has 4 unspecified atom stereocenters. The summed E-state index contributed by atoms with van der Waals surface area (Å²) in [6.45, 7) is 5.73. The molecule has 3 saturated heterocycles. The van der Waals surface area contributed by atoms with Crippen molar-refractivity contribution in [3.05, 3.63) is 83.1 Å². The molecular formula is C26H28N4O5S. The van der Waals surface area contributed by atoms with Crippen LogP contribution >= 0.6 is 0 Å². The van der Waals surface area contributed by atoms with Crippen molar-refractivity contribution >= 4 is 26.6 Å². The minimum absolute atomic E-state index is 0.0195. The third kappa shape index (κ3) is 4.47. The Morgan fingerprint density at radius 3 is 2.67 bits per heavy atom. The molecule has 0 spiro atoms. The number of non-ortho nitro benzene ring substituents is 1. The van der Waals surface area contributed by atoms with Gasteiger partial charge in [-0.25, -0.2) is 13.1 Å². The van der Waals surface area contributed by atoms with Crippen LogP contribution < -0.4 is 9.46 Å². The Bertz CT molecular complexity index is 1410. The second kappa shape index (κ2) is 9.61. The Hall–Kier alpha value is -3.34. The summed E-state index contributed by atoms with van der Waals surface area (Å²) in [7, 11) is -2.40. The van der Waals surface area contributed by atoms with Crippen molar-refractivity contribution in [3.8, 4) is 5.75 Å². The van der Waals surface area contributed by atoms with Crippen LogP contribution in [0.2, 0.25) is 0 Å². The number of methoxy groups -OCH3 is 1. The van der Waals surface area contributed by atoms with Crippen LogP contribution in [0.15, 0.2) is 72.3 Å². The predicted octanol–water partition coefficient (Wildman–Crippen LogP) is 4.07. The van der Waals surface area contributed by atoms with Gasteiger partial charge in [0.25, 0.3) is 5.69 Å². The number of aromatic nitrogens is 1. The lowest BCUT2D eigenvalue weighted by Crippen LogP contribution is -2.57. The number of pyridine rings is 1. The van der Waals surface area contributed by atoms with E-state index in [4.69, 9.17) is 4.74 Å². The van der Waals surface area contributed by atoms with Crippen LogP contribution in [-0.2, 0) is 10.0 Å². The number of ether oxygens (including phenoxy) is 1. The first kappa shape index (κ1) is 24.4. The molecule has 2 aromatic carbocycles. The van der Waals surface area contributed by atoms with Crippen molar-refractivity contribution in [2.24, 2.45) is 11.8 Å². The first-order valence-electron chi connectivity index (χ1n) is 11.9. The molecular weight excluding hydrogens is 480 g/mol. The van der Waals surface area contributed by atoms with Crippen LogP contribution in [0.4, 0.5) is 5.69 Å². The fourth-order valence-electron chi connectivity index (χ4n) is 5.60. The van der Waals surface area contributed by atoms with Gasteiger partial charge in [0, 0.05) is 36.3 Å². The summed E-state index contributed by atoms with van der Waals surface area (Å²) in [5.74, 6) is 1.48. The maximum Gasteiger partial charge on any atom is 0.269 e. The highest BCUT2D eigenvalue weighted by atomic mass is 32.2. The molecule has 4 heterocycles. The van der Waals surface area contributed by atoms with E-state index in [9.17, 15) is 18.5 Å². The lowest BCUT2D eigenvalue weighted by Gasteiger charge is -2.51. The highest BCUT2D eigenvalue weighted by Crippen LogP contribution is 2.43. The van der Waals surface area contributed by atoms with E-state index in [1.807, 2.05) is 30.3 Å². The molecule has 0 radical (unpaired) electrons. The van der Waals surface area contributed by atoms with E-state index in [0.29, 0.717) is 17.6 Å². The molecule has 0 amide bonds. The summed E-state index contributed by atoms with van der Waals surface area (Å²) in [4.78, 5) is 17.3. The number of nitrogens with zero attached hydrogens (tertiary/aromatic N) is 3. The van der Waals surface area contributed by atoms with E-state index < -0.39 is 21.0 Å². The number of hydrogen-bond donors (Lipinski definition) is 1. The number of nitro benzene ring substituents is 1. The van der Waals surface area contributed by atoms with Crippen molar-refractivity contribution in [2.75, 3.05) is 20.2 Å². The Balaban J connectivity index is 1.59. The van der Waals surface area contributed by atoms with Crippen LogP contribution in [-0.4, -0.2) is 49.5 Å². The van der Waals surface area contributed by atoms with Crippen molar-refractivity contribution < 1.29 is 18.1 Å². The van der Waals surface area contributed by atoms with Crippen LogP contribution in [0.25, 0.3) is 10.9 Å². The van der Waals surface area contributed by atoms with Crippen LogP contribution in [0, 0.1) is 22.0 Å². The summed E-state index contributed by atoms with van der Waals surface area (Å²) in [5, 5.41) is 11.9. The Morgan fingerprint density at radius 1 is 1.25 bits per heavy atom. The molecule has 10 heteroatoms. The fourth-order valence-corrected chi connectivity index (χ4v) is 6.85. The molecule has 5 atom stereocenters. The highest BCUT2D eigenvalue weighted by Gasteiger charge is 2.44. The van der Waals surface area contributed by atoms with Gasteiger partial charge in [-0.2, -0.15) is 0 Å². The molecule has 1 aromatic heterocycles. The number of nitro groups is 1. The average Bonchev–Trinajstić information content (AvgIpc) is 2.91. The van der Waals surface area contributed by atoms with Gasteiger partial charge in [-0.3, -0.25) is 20.0 Å². The smallest absolute Gasteiger partial charge is 0.269 e. The second-order valence-electron chi connectivity index (χ2n) is 9.38. The molecule has 36 heavy (non-hydrogen) atoms. The van der Waals surface area contributed by atoms with E-state index in [2.05, 4.69) is 21.2 Å². The highest BCUT2D eigenvalue weighted by molar-refractivity contribution is 7.89. The molecule has 3 aromatic rings. The van der Waals surface area contributed by atoms with Gasteiger partial charge in [-0.1, -0.05) is 6.08 Å². The number of hydrogen-bond acceptors (Lipinski definition) is 7. The Kier molecular flexibility index (Phi) is 6.50. The molecule has 3 aliphatic rings. The number of piperidine rings is 3. The topological polar surface area (TPSA) is 115 Å². The Labute approximate surface area is 210 Å². The van der Waals surface area contributed by atoms with Crippen LogP contribution in [0.1, 0.15) is 24.4 Å². The lowest BCUT2D eigenvalue weighted by molar-refractivity contribution is -0.384. The number of nitrogens with one attached hydrogen (secondary N) is 1. The third-order valence-electron chi connectivity index (χ3n) is 7.50. The lowest BCUT2D eigenvalue weighted by atomic mass is 9.73. The first-order valence-corrected chi connectivity index (χ1v) is 13.3. The van der Waals surface area contributed by atoms with Crippen molar-refractivity contribution in [2.45, 2.75) is 29.8 Å². The molecule has 1 N–H and O–H groups in total. The monoisotopic (exact) mass is 508 g/mol. The predicted molar refractivity (Wildman–Crippen MR) is 136 cm³/mol. The van der Waals surface area contributed by atoms with E-state index in [-0.39, 0.29) is 16.6 Å². The summed E-state index contributed by atoms with van der Waals surface area (Å²) in [5.41, 5.74) is 1.40. The zero-order valence-corrected chi connectivity index (χ0v) is 20.7. The minimum atomic E-state index is -3.99. The number of benzene rings is 2. The van der Waals surface area contributed by atoms with Gasteiger partial charge < -0.3 is 4.74 Å². The fraction of sp³-hybridized carbons (Fsp3) is 0.346. The summed E-state index contributed by atoms with van der Waals surface area (Å²) in [6.07, 6.45) is 5.59. The van der Waals surface area contributed by atoms with Crippen LogP contribution in [0.5, 0.6) is 5.75 Å². The molecule has 0 aliphatic carbocycles. The van der Waals surface area contributed by atoms with Crippen molar-refractivity contribution in [3.63, 3.8) is 0 Å². The van der Waals surface area contributed by atoms with E-state index in [0.717, 1.165) is 42.4 Å². The summed E-state index contributed by atoms with van der Waals surface area (Å²) in [6, 6.07) is 11.8. The van der Waals surface area contributed by atoms with Gasteiger partial charge in [-0.15, -0.1) is 6.58 Å². The number of rotatable bonds is 8. The largest absolute Gasteiger partial charge is 0.497 e. The maximum atomic E-state index is 13.6. The molecule has 3 fully saturated rings. The van der Waals surface area contributed by atoms with E-state index in [1.165, 1.54) is 24.3 Å². The van der Waals surface area contributed by atoms with Gasteiger partial charge in [-0.05, 0) is 73.2 Å². The normalized spacial score (nSPS) is 24.4. The molecule has 3 aliphatic heterocycles. The summed E-state index contributed by atoms with van der Waals surface area (Å²) < 4.78 is 35.5. The summed E-state index contributed by atoms with van der Waals surface area (Å²) >= 11 is 0. The van der Waals surface area contributed by atoms with Crippen molar-refractivity contribution in [1.82, 2.24) is 14.6 Å². The maximum absolute atomic E-state index is 13.6. The van der Waals surface area contributed by atoms with Crippen molar-refractivity contribution in [1.29, 1.82) is 0 Å².